The number of nitrogens with zero attached hydrogens (tertiary/aromatic N) is 1. The molecule has 0 bridgehead atoms. The highest BCUT2D eigenvalue weighted by molar-refractivity contribution is 6.05. The Morgan fingerprint density at radius 2 is 1.83 bits per heavy atom. The van der Waals surface area contributed by atoms with E-state index >= 15 is 0 Å². The number of benzene rings is 1. The monoisotopic (exact) mass is 247 g/mol. The number of rotatable bonds is 3. The molecule has 0 unspecified atom stereocenters. The molecule has 0 N–H and O–H groups in total. The fourth-order valence-electron chi connectivity index (χ4n) is 1.84. The summed E-state index contributed by atoms with van der Waals surface area (Å²) < 4.78 is 15.2. The van der Waals surface area contributed by atoms with E-state index in [-0.39, 0.29) is 5.69 Å². The normalized spacial score (nSPS) is 10.2. The molecule has 0 amide bonds. The zero-order chi connectivity index (χ0) is 13.1. The number of hydrogen-bond acceptors (Lipinski definition) is 5. The maximum atomic E-state index is 11.6. The Labute approximate surface area is 104 Å². The van der Waals surface area contributed by atoms with E-state index in [1.54, 1.807) is 32.4 Å². The standard InChI is InChI=1S/C13H13NO4/c1-16-10-5-4-8-9(12(10)17-2)6-7-14-11(8)13(15)18-3/h4-7H,1-3H3. The molecule has 0 atom stereocenters. The van der Waals surface area contributed by atoms with Gasteiger partial charge in [0, 0.05) is 17.0 Å². The summed E-state index contributed by atoms with van der Waals surface area (Å²) in [5, 5.41) is 1.43. The molecule has 0 aliphatic heterocycles. The number of ether oxygens (including phenoxy) is 3. The van der Waals surface area contributed by atoms with Crippen molar-refractivity contribution in [2.45, 2.75) is 0 Å². The average molecular weight is 247 g/mol. The lowest BCUT2D eigenvalue weighted by Crippen LogP contribution is -2.05. The van der Waals surface area contributed by atoms with Gasteiger partial charge in [-0.3, -0.25) is 0 Å². The minimum absolute atomic E-state index is 0.260. The molecule has 5 nitrogen and oxygen atoms in total. The van der Waals surface area contributed by atoms with Gasteiger partial charge in [0.25, 0.3) is 0 Å². The van der Waals surface area contributed by atoms with Gasteiger partial charge in [0.05, 0.1) is 21.3 Å². The van der Waals surface area contributed by atoms with Crippen LogP contribution in [0.2, 0.25) is 0 Å². The minimum atomic E-state index is -0.479. The molecular formula is C13H13NO4. The van der Waals surface area contributed by atoms with E-state index in [0.717, 1.165) is 5.39 Å². The SMILES string of the molecule is COC(=O)c1nccc2c(OC)c(OC)ccc12. The smallest absolute Gasteiger partial charge is 0.357 e. The first-order valence-electron chi connectivity index (χ1n) is 5.31. The number of esters is 1. The van der Waals surface area contributed by atoms with Gasteiger partial charge >= 0.3 is 5.97 Å². The van der Waals surface area contributed by atoms with Gasteiger partial charge in [-0.25, -0.2) is 9.78 Å². The molecule has 1 aromatic carbocycles. The number of carbonyl (C=O) groups is 1. The van der Waals surface area contributed by atoms with E-state index in [0.29, 0.717) is 16.9 Å². The molecule has 0 saturated carbocycles. The van der Waals surface area contributed by atoms with Gasteiger partial charge in [-0.1, -0.05) is 0 Å². The van der Waals surface area contributed by atoms with Crippen LogP contribution >= 0.6 is 0 Å². The third-order valence-electron chi connectivity index (χ3n) is 2.66. The van der Waals surface area contributed by atoms with Crippen LogP contribution in [0.1, 0.15) is 10.5 Å². The van der Waals surface area contributed by atoms with Crippen molar-refractivity contribution in [3.8, 4) is 11.5 Å². The maximum absolute atomic E-state index is 11.6. The Kier molecular flexibility index (Phi) is 3.32. The van der Waals surface area contributed by atoms with Gasteiger partial charge in [-0.15, -0.1) is 0 Å². The van der Waals surface area contributed by atoms with Gasteiger partial charge in [-0.05, 0) is 18.2 Å². The van der Waals surface area contributed by atoms with Gasteiger partial charge in [0.2, 0.25) is 0 Å². The molecule has 0 saturated heterocycles. The van der Waals surface area contributed by atoms with E-state index < -0.39 is 5.97 Å². The summed E-state index contributed by atoms with van der Waals surface area (Å²) in [5.41, 5.74) is 0.260. The summed E-state index contributed by atoms with van der Waals surface area (Å²) in [6.45, 7) is 0. The van der Waals surface area contributed by atoms with Crippen LogP contribution in [0.3, 0.4) is 0 Å². The van der Waals surface area contributed by atoms with Crippen molar-refractivity contribution in [3.63, 3.8) is 0 Å². The molecule has 5 heteroatoms. The van der Waals surface area contributed by atoms with Crippen LogP contribution in [-0.4, -0.2) is 32.3 Å². The van der Waals surface area contributed by atoms with Crippen molar-refractivity contribution in [2.24, 2.45) is 0 Å². The molecule has 0 aliphatic carbocycles. The molecule has 0 spiro atoms. The minimum Gasteiger partial charge on any atom is -0.493 e. The average Bonchev–Trinajstić information content (AvgIpc) is 2.44. The summed E-state index contributed by atoms with van der Waals surface area (Å²) in [6, 6.07) is 5.26. The third kappa shape index (κ3) is 1.84. The number of pyridine rings is 1. The van der Waals surface area contributed by atoms with Gasteiger partial charge in [-0.2, -0.15) is 0 Å². The quantitative estimate of drug-likeness (QED) is 0.777. The lowest BCUT2D eigenvalue weighted by molar-refractivity contribution is 0.0596. The third-order valence-corrected chi connectivity index (χ3v) is 2.66. The molecule has 0 aliphatic rings. The topological polar surface area (TPSA) is 57.7 Å². The van der Waals surface area contributed by atoms with Crippen LogP contribution < -0.4 is 9.47 Å². The number of fused-ring (bicyclic) bond motifs is 1. The predicted octanol–water partition coefficient (Wildman–Crippen LogP) is 2.04. The van der Waals surface area contributed by atoms with E-state index in [9.17, 15) is 4.79 Å². The zero-order valence-corrected chi connectivity index (χ0v) is 10.4. The Bertz CT molecular complexity index is 595. The van der Waals surface area contributed by atoms with Crippen molar-refractivity contribution in [3.05, 3.63) is 30.1 Å². The zero-order valence-electron chi connectivity index (χ0n) is 10.4. The summed E-state index contributed by atoms with van der Waals surface area (Å²) in [4.78, 5) is 15.7. The number of methoxy groups -OCH3 is 3. The number of carbonyl (C=O) groups excluding carboxylic acids is 1. The molecule has 0 radical (unpaired) electrons. The van der Waals surface area contributed by atoms with Crippen molar-refractivity contribution in [1.82, 2.24) is 4.98 Å². The van der Waals surface area contributed by atoms with Crippen molar-refractivity contribution >= 4 is 16.7 Å². The molecule has 94 valence electrons. The molecule has 0 fully saturated rings. The van der Waals surface area contributed by atoms with Crippen LogP contribution in [0.25, 0.3) is 10.8 Å². The molecule has 2 rings (SSSR count). The van der Waals surface area contributed by atoms with Crippen LogP contribution in [0.4, 0.5) is 0 Å². The van der Waals surface area contributed by atoms with E-state index in [1.807, 2.05) is 0 Å². The lowest BCUT2D eigenvalue weighted by Gasteiger charge is -2.11. The van der Waals surface area contributed by atoms with Gasteiger partial charge in [0.15, 0.2) is 17.2 Å². The Morgan fingerprint density at radius 1 is 1.06 bits per heavy atom. The summed E-state index contributed by atoms with van der Waals surface area (Å²) in [5.74, 6) is 0.697. The number of aromatic nitrogens is 1. The molecule has 2 aromatic rings. The fraction of sp³-hybridized carbons (Fsp3) is 0.231. The van der Waals surface area contributed by atoms with Crippen molar-refractivity contribution < 1.29 is 19.0 Å². The van der Waals surface area contributed by atoms with Crippen molar-refractivity contribution in [2.75, 3.05) is 21.3 Å². The summed E-state index contributed by atoms with van der Waals surface area (Å²) in [7, 11) is 4.44. The Hall–Kier alpha value is -2.30. The van der Waals surface area contributed by atoms with E-state index in [2.05, 4.69) is 4.98 Å². The number of hydrogen-bond donors (Lipinski definition) is 0. The highest BCUT2D eigenvalue weighted by atomic mass is 16.5. The molecule has 1 heterocycles. The highest BCUT2D eigenvalue weighted by Gasteiger charge is 2.16. The first kappa shape index (κ1) is 12.2. The lowest BCUT2D eigenvalue weighted by atomic mass is 10.1. The first-order valence-corrected chi connectivity index (χ1v) is 5.31. The second kappa shape index (κ2) is 4.91. The summed E-state index contributed by atoms with van der Waals surface area (Å²) >= 11 is 0. The Morgan fingerprint density at radius 3 is 2.44 bits per heavy atom. The van der Waals surface area contributed by atoms with Crippen LogP contribution in [0.15, 0.2) is 24.4 Å². The fourth-order valence-corrected chi connectivity index (χ4v) is 1.84. The molecule has 1 aromatic heterocycles. The van der Waals surface area contributed by atoms with Crippen LogP contribution in [-0.2, 0) is 4.74 Å². The van der Waals surface area contributed by atoms with E-state index in [1.165, 1.54) is 13.3 Å². The summed E-state index contributed by atoms with van der Waals surface area (Å²) in [6.07, 6.45) is 1.54. The van der Waals surface area contributed by atoms with Gasteiger partial charge < -0.3 is 14.2 Å². The Balaban J connectivity index is 2.76. The van der Waals surface area contributed by atoms with Crippen molar-refractivity contribution in [1.29, 1.82) is 0 Å². The molecular weight excluding hydrogens is 234 g/mol. The van der Waals surface area contributed by atoms with E-state index in [4.69, 9.17) is 14.2 Å². The first-order chi connectivity index (χ1) is 8.72. The largest absolute Gasteiger partial charge is 0.493 e. The maximum Gasteiger partial charge on any atom is 0.357 e. The second-order valence-corrected chi connectivity index (χ2v) is 3.55. The van der Waals surface area contributed by atoms with Gasteiger partial charge in [0.1, 0.15) is 0 Å². The predicted molar refractivity (Wildman–Crippen MR) is 66.2 cm³/mol. The highest BCUT2D eigenvalue weighted by Crippen LogP contribution is 2.35. The second-order valence-electron chi connectivity index (χ2n) is 3.55. The van der Waals surface area contributed by atoms with Crippen LogP contribution in [0, 0.1) is 0 Å². The molecule has 18 heavy (non-hydrogen) atoms. The van der Waals surface area contributed by atoms with Crippen LogP contribution in [0.5, 0.6) is 11.5 Å².